The second-order valence-electron chi connectivity index (χ2n) is 6.82. The van der Waals surface area contributed by atoms with E-state index in [0.717, 1.165) is 27.6 Å². The Kier molecular flexibility index (Phi) is 4.19. The fourth-order valence-electron chi connectivity index (χ4n) is 3.83. The summed E-state index contributed by atoms with van der Waals surface area (Å²) in [5.41, 5.74) is 3.53. The van der Waals surface area contributed by atoms with Gasteiger partial charge in [0.25, 0.3) is 0 Å². The van der Waals surface area contributed by atoms with Gasteiger partial charge in [0.2, 0.25) is 6.79 Å². The van der Waals surface area contributed by atoms with Crippen molar-refractivity contribution in [1.82, 2.24) is 0 Å². The molecule has 1 saturated heterocycles. The first-order valence-corrected chi connectivity index (χ1v) is 9.73. The Balaban J connectivity index is 1.53. The Labute approximate surface area is 170 Å². The van der Waals surface area contributed by atoms with Gasteiger partial charge in [-0.05, 0) is 36.3 Å². The topological polar surface area (TPSA) is 63.2 Å². The number of ether oxygens (including phenoxy) is 5. The molecule has 1 atom stereocenters. The first-order chi connectivity index (χ1) is 13.7. The maximum absolute atomic E-state index is 12.0. The first kappa shape index (κ1) is 17.4. The average Bonchev–Trinajstić information content (AvgIpc) is 3.32. The highest BCUT2D eigenvalue weighted by atomic mass is 79.9. The molecule has 0 amide bonds. The second kappa shape index (κ2) is 6.74. The molecule has 0 spiro atoms. The van der Waals surface area contributed by atoms with Gasteiger partial charge in [-0.15, -0.1) is 0 Å². The van der Waals surface area contributed by atoms with Crippen LogP contribution in [-0.2, 0) is 22.6 Å². The van der Waals surface area contributed by atoms with Gasteiger partial charge in [0.05, 0.1) is 13.7 Å². The molecule has 2 heterocycles. The number of benzene rings is 2. The summed E-state index contributed by atoms with van der Waals surface area (Å²) in [5, 5.41) is 0. The van der Waals surface area contributed by atoms with E-state index < -0.39 is 0 Å². The number of rotatable bonds is 4. The minimum Gasteiger partial charge on any atom is -0.493 e. The standard InChI is InChI=1S/C21H17BrO6/c1-24-17-4-2-11-6-12-8-26-21(23)14(12)7-13(11)19(17)25-9-15-16(22)3-5-18-20(15)28-10-27-18/h2-5,7,12H,6,8-10H2,1H3/t12-/m1/s1. The third kappa shape index (κ3) is 2.73. The lowest BCUT2D eigenvalue weighted by Gasteiger charge is -2.22. The Morgan fingerprint density at radius 3 is 2.93 bits per heavy atom. The zero-order valence-corrected chi connectivity index (χ0v) is 16.7. The van der Waals surface area contributed by atoms with Gasteiger partial charge >= 0.3 is 5.97 Å². The molecule has 1 fully saturated rings. The van der Waals surface area contributed by atoms with Gasteiger partial charge in [-0.3, -0.25) is 0 Å². The van der Waals surface area contributed by atoms with E-state index in [2.05, 4.69) is 15.9 Å². The molecule has 0 unspecified atom stereocenters. The zero-order valence-electron chi connectivity index (χ0n) is 15.1. The van der Waals surface area contributed by atoms with Crippen LogP contribution in [0.15, 0.2) is 34.3 Å². The highest BCUT2D eigenvalue weighted by Gasteiger charge is 2.35. The molecule has 3 aliphatic rings. The summed E-state index contributed by atoms with van der Waals surface area (Å²) < 4.78 is 28.9. The SMILES string of the molecule is COc1ccc2c(c1OCc1c(Br)ccc3c1OCO3)C=C1C(=O)OC[C@H]1C2. The van der Waals surface area contributed by atoms with E-state index in [0.29, 0.717) is 35.2 Å². The van der Waals surface area contributed by atoms with E-state index in [-0.39, 0.29) is 25.3 Å². The van der Waals surface area contributed by atoms with Crippen LogP contribution in [0.5, 0.6) is 23.0 Å². The normalized spacial score (nSPS) is 18.9. The van der Waals surface area contributed by atoms with Gasteiger partial charge in [0, 0.05) is 27.1 Å². The number of hydrogen-bond donors (Lipinski definition) is 0. The number of cyclic esters (lactones) is 1. The summed E-state index contributed by atoms with van der Waals surface area (Å²) in [6, 6.07) is 7.68. The fraction of sp³-hybridized carbons (Fsp3) is 0.286. The monoisotopic (exact) mass is 444 g/mol. The van der Waals surface area contributed by atoms with Crippen molar-refractivity contribution in [2.24, 2.45) is 5.92 Å². The Morgan fingerprint density at radius 2 is 2.07 bits per heavy atom. The summed E-state index contributed by atoms with van der Waals surface area (Å²) in [6.45, 7) is 0.891. The molecule has 0 radical (unpaired) electrons. The lowest BCUT2D eigenvalue weighted by Crippen LogP contribution is -2.14. The van der Waals surface area contributed by atoms with Crippen LogP contribution in [0.25, 0.3) is 6.08 Å². The minimum atomic E-state index is -0.251. The van der Waals surface area contributed by atoms with Crippen molar-refractivity contribution in [3.63, 3.8) is 0 Å². The number of halogens is 1. The van der Waals surface area contributed by atoms with Crippen molar-refractivity contribution in [3.05, 3.63) is 51.0 Å². The predicted octanol–water partition coefficient (Wildman–Crippen LogP) is 3.88. The molecular weight excluding hydrogens is 428 g/mol. The summed E-state index contributed by atoms with van der Waals surface area (Å²) in [6.07, 6.45) is 2.62. The number of hydrogen-bond acceptors (Lipinski definition) is 6. The molecule has 2 aromatic rings. The molecular formula is C21H17BrO6. The molecule has 0 bridgehead atoms. The second-order valence-corrected chi connectivity index (χ2v) is 7.67. The molecule has 144 valence electrons. The molecule has 2 aromatic carbocycles. The van der Waals surface area contributed by atoms with Gasteiger partial charge in [0.1, 0.15) is 6.61 Å². The molecule has 6 nitrogen and oxygen atoms in total. The summed E-state index contributed by atoms with van der Waals surface area (Å²) in [5.74, 6) is 2.45. The van der Waals surface area contributed by atoms with Crippen LogP contribution in [0.2, 0.25) is 0 Å². The van der Waals surface area contributed by atoms with E-state index >= 15 is 0 Å². The van der Waals surface area contributed by atoms with E-state index in [4.69, 9.17) is 23.7 Å². The summed E-state index contributed by atoms with van der Waals surface area (Å²) in [4.78, 5) is 12.0. The van der Waals surface area contributed by atoms with E-state index in [1.807, 2.05) is 30.3 Å². The number of carbonyl (C=O) groups is 1. The van der Waals surface area contributed by atoms with Crippen molar-refractivity contribution in [2.45, 2.75) is 13.0 Å². The molecule has 7 heteroatoms. The molecule has 0 saturated carbocycles. The quantitative estimate of drug-likeness (QED) is 0.666. The van der Waals surface area contributed by atoms with Crippen LogP contribution < -0.4 is 18.9 Å². The van der Waals surface area contributed by atoms with Gasteiger partial charge in [-0.1, -0.05) is 22.0 Å². The van der Waals surface area contributed by atoms with Gasteiger partial charge in [-0.2, -0.15) is 0 Å². The smallest absolute Gasteiger partial charge is 0.334 e. The van der Waals surface area contributed by atoms with E-state index in [1.165, 1.54) is 0 Å². The van der Waals surface area contributed by atoms with Crippen molar-refractivity contribution >= 4 is 28.0 Å². The number of fused-ring (bicyclic) bond motifs is 3. The van der Waals surface area contributed by atoms with Crippen LogP contribution in [0, 0.1) is 5.92 Å². The number of esters is 1. The molecule has 28 heavy (non-hydrogen) atoms. The first-order valence-electron chi connectivity index (χ1n) is 8.94. The third-order valence-electron chi connectivity index (χ3n) is 5.27. The Morgan fingerprint density at radius 1 is 1.18 bits per heavy atom. The predicted molar refractivity (Wildman–Crippen MR) is 104 cm³/mol. The van der Waals surface area contributed by atoms with Crippen molar-refractivity contribution < 1.29 is 28.5 Å². The lowest BCUT2D eigenvalue weighted by molar-refractivity contribution is -0.135. The number of methoxy groups -OCH3 is 1. The highest BCUT2D eigenvalue weighted by Crippen LogP contribution is 2.44. The minimum absolute atomic E-state index is 0.110. The van der Waals surface area contributed by atoms with Gasteiger partial charge in [0.15, 0.2) is 23.0 Å². The highest BCUT2D eigenvalue weighted by molar-refractivity contribution is 9.10. The van der Waals surface area contributed by atoms with Gasteiger partial charge in [-0.25, -0.2) is 4.79 Å². The lowest BCUT2D eigenvalue weighted by atomic mass is 9.84. The maximum atomic E-state index is 12.0. The molecule has 5 rings (SSSR count). The molecule has 0 N–H and O–H groups in total. The molecule has 0 aromatic heterocycles. The van der Waals surface area contributed by atoms with E-state index in [1.54, 1.807) is 7.11 Å². The van der Waals surface area contributed by atoms with Crippen LogP contribution >= 0.6 is 15.9 Å². The van der Waals surface area contributed by atoms with Crippen LogP contribution in [0.1, 0.15) is 16.7 Å². The van der Waals surface area contributed by atoms with Crippen LogP contribution in [-0.4, -0.2) is 26.5 Å². The van der Waals surface area contributed by atoms with Crippen LogP contribution in [0.4, 0.5) is 0 Å². The third-order valence-corrected chi connectivity index (χ3v) is 6.02. The number of carbonyl (C=O) groups excluding carboxylic acids is 1. The van der Waals surface area contributed by atoms with Crippen LogP contribution in [0.3, 0.4) is 0 Å². The average molecular weight is 445 g/mol. The summed E-state index contributed by atoms with van der Waals surface area (Å²) in [7, 11) is 1.60. The summed E-state index contributed by atoms with van der Waals surface area (Å²) >= 11 is 3.56. The largest absolute Gasteiger partial charge is 0.493 e. The van der Waals surface area contributed by atoms with Crippen molar-refractivity contribution in [1.29, 1.82) is 0 Å². The van der Waals surface area contributed by atoms with E-state index in [9.17, 15) is 4.79 Å². The van der Waals surface area contributed by atoms with Gasteiger partial charge < -0.3 is 23.7 Å². The van der Waals surface area contributed by atoms with Crippen molar-refractivity contribution in [2.75, 3.05) is 20.5 Å². The molecule has 1 aliphatic carbocycles. The molecule has 2 aliphatic heterocycles. The van der Waals surface area contributed by atoms with Crippen molar-refractivity contribution in [3.8, 4) is 23.0 Å². The Hall–Kier alpha value is -2.67. The fourth-order valence-corrected chi connectivity index (χ4v) is 4.26. The maximum Gasteiger partial charge on any atom is 0.334 e. The zero-order chi connectivity index (χ0) is 19.3. The Bertz CT molecular complexity index is 1010.